The summed E-state index contributed by atoms with van der Waals surface area (Å²) in [5.74, 6) is 1.21. The fraction of sp³-hybridized carbons (Fsp3) is 0.619. The zero-order valence-electron chi connectivity index (χ0n) is 18.5. The lowest BCUT2D eigenvalue weighted by atomic mass is 9.95. The second-order valence-corrected chi connectivity index (χ2v) is 10.5. The molecule has 0 aromatic carbocycles. The van der Waals surface area contributed by atoms with Crippen molar-refractivity contribution in [3.63, 3.8) is 0 Å². The van der Waals surface area contributed by atoms with Gasteiger partial charge in [0, 0.05) is 37.3 Å². The molecule has 4 heterocycles. The van der Waals surface area contributed by atoms with Gasteiger partial charge in [-0.25, -0.2) is 22.7 Å². The molecular weight excluding hydrogens is 418 g/mol. The third kappa shape index (κ3) is 4.23. The lowest BCUT2D eigenvalue weighted by molar-refractivity contribution is -0.137. The second-order valence-electron chi connectivity index (χ2n) is 8.56. The van der Waals surface area contributed by atoms with Crippen molar-refractivity contribution in [2.75, 3.05) is 25.9 Å². The number of aryl methyl sites for hydroxylation is 2. The first kappa shape index (κ1) is 21.9. The molecular formula is C21H29N5O4S. The molecule has 2 saturated heterocycles. The highest BCUT2D eigenvalue weighted by molar-refractivity contribution is 7.88. The number of hydrogen-bond donors (Lipinski definition) is 0. The van der Waals surface area contributed by atoms with Crippen molar-refractivity contribution in [1.29, 1.82) is 0 Å². The van der Waals surface area contributed by atoms with Gasteiger partial charge in [-0.2, -0.15) is 0 Å². The van der Waals surface area contributed by atoms with Crippen molar-refractivity contribution in [3.8, 4) is 11.3 Å². The van der Waals surface area contributed by atoms with Crippen LogP contribution in [0.25, 0.3) is 11.3 Å². The second kappa shape index (κ2) is 8.31. The molecule has 10 heteroatoms. The van der Waals surface area contributed by atoms with Crippen molar-refractivity contribution in [3.05, 3.63) is 29.0 Å². The van der Waals surface area contributed by atoms with Crippen LogP contribution in [-0.2, 0) is 14.8 Å². The van der Waals surface area contributed by atoms with E-state index in [2.05, 4.69) is 10.1 Å². The fourth-order valence-electron chi connectivity index (χ4n) is 4.57. The number of carbonyl (C=O) groups is 1. The molecule has 0 N–H and O–H groups in total. The van der Waals surface area contributed by atoms with Crippen LogP contribution in [0.1, 0.15) is 54.5 Å². The highest BCUT2D eigenvalue weighted by Crippen LogP contribution is 2.39. The van der Waals surface area contributed by atoms with Gasteiger partial charge in [0.25, 0.3) is 0 Å². The Morgan fingerprint density at radius 3 is 2.45 bits per heavy atom. The Bertz CT molecular complexity index is 1090. The van der Waals surface area contributed by atoms with Crippen molar-refractivity contribution in [1.82, 2.24) is 24.3 Å². The molecule has 0 radical (unpaired) electrons. The number of carbonyl (C=O) groups excluding carboxylic acids is 1. The van der Waals surface area contributed by atoms with Gasteiger partial charge in [-0.15, -0.1) is 0 Å². The maximum Gasteiger partial charge on any atom is 0.226 e. The van der Waals surface area contributed by atoms with Gasteiger partial charge in [-0.1, -0.05) is 5.16 Å². The molecule has 168 valence electrons. The van der Waals surface area contributed by atoms with Gasteiger partial charge in [-0.05, 0) is 46.5 Å². The van der Waals surface area contributed by atoms with Crippen molar-refractivity contribution in [2.45, 2.75) is 52.5 Å². The predicted molar refractivity (Wildman–Crippen MR) is 115 cm³/mol. The van der Waals surface area contributed by atoms with Crippen LogP contribution in [0.5, 0.6) is 0 Å². The molecule has 1 amide bonds. The Morgan fingerprint density at radius 2 is 1.84 bits per heavy atom. The average Bonchev–Trinajstić information content (AvgIpc) is 3.34. The highest BCUT2D eigenvalue weighted by atomic mass is 32.2. The van der Waals surface area contributed by atoms with Crippen LogP contribution >= 0.6 is 0 Å². The minimum Gasteiger partial charge on any atom is -0.356 e. The van der Waals surface area contributed by atoms with E-state index in [0.29, 0.717) is 44.1 Å². The first-order valence-electron chi connectivity index (χ1n) is 10.7. The van der Waals surface area contributed by atoms with Crippen LogP contribution in [0.15, 0.2) is 10.7 Å². The van der Waals surface area contributed by atoms with Gasteiger partial charge in [-0.3, -0.25) is 4.79 Å². The Labute approximate surface area is 182 Å². The first-order chi connectivity index (χ1) is 14.7. The molecule has 1 atom stereocenters. The lowest BCUT2D eigenvalue weighted by Crippen LogP contribution is -2.44. The Balaban J connectivity index is 1.60. The topological polar surface area (TPSA) is 110 Å². The van der Waals surface area contributed by atoms with E-state index in [4.69, 9.17) is 9.51 Å². The largest absolute Gasteiger partial charge is 0.356 e. The number of likely N-dealkylation sites (tertiary alicyclic amines) is 1. The molecule has 31 heavy (non-hydrogen) atoms. The Kier molecular flexibility index (Phi) is 5.87. The van der Waals surface area contributed by atoms with Gasteiger partial charge in [0.05, 0.1) is 29.2 Å². The first-order valence-corrected chi connectivity index (χ1v) is 12.5. The molecule has 2 aliphatic rings. The Hall–Kier alpha value is -2.33. The quantitative estimate of drug-likeness (QED) is 0.708. The lowest BCUT2D eigenvalue weighted by Gasteiger charge is -2.34. The minimum atomic E-state index is -3.22. The molecule has 2 aromatic rings. The third-order valence-electron chi connectivity index (χ3n) is 6.46. The monoisotopic (exact) mass is 447 g/mol. The summed E-state index contributed by atoms with van der Waals surface area (Å²) in [7, 11) is -3.22. The van der Waals surface area contributed by atoms with Gasteiger partial charge in [0.15, 0.2) is 5.76 Å². The number of amides is 1. The van der Waals surface area contributed by atoms with E-state index in [1.807, 2.05) is 25.7 Å². The summed E-state index contributed by atoms with van der Waals surface area (Å²) >= 11 is 0. The van der Waals surface area contributed by atoms with E-state index in [1.54, 1.807) is 6.20 Å². The minimum absolute atomic E-state index is 0.0864. The van der Waals surface area contributed by atoms with Crippen molar-refractivity contribution in [2.24, 2.45) is 5.92 Å². The maximum atomic E-state index is 13.4. The van der Waals surface area contributed by atoms with Gasteiger partial charge < -0.3 is 9.42 Å². The highest BCUT2D eigenvalue weighted by Gasteiger charge is 2.38. The van der Waals surface area contributed by atoms with Crippen LogP contribution in [-0.4, -0.2) is 64.5 Å². The summed E-state index contributed by atoms with van der Waals surface area (Å²) < 4.78 is 30.6. The van der Waals surface area contributed by atoms with Crippen LogP contribution in [0.2, 0.25) is 0 Å². The molecule has 0 bridgehead atoms. The van der Waals surface area contributed by atoms with Crippen molar-refractivity contribution < 1.29 is 17.7 Å². The van der Waals surface area contributed by atoms with Gasteiger partial charge >= 0.3 is 0 Å². The summed E-state index contributed by atoms with van der Waals surface area (Å²) in [5.41, 5.74) is 3.34. The summed E-state index contributed by atoms with van der Waals surface area (Å²) in [6.45, 7) is 7.15. The number of aromatic nitrogens is 3. The fourth-order valence-corrected chi connectivity index (χ4v) is 5.44. The van der Waals surface area contributed by atoms with Crippen LogP contribution in [0.4, 0.5) is 0 Å². The maximum absolute atomic E-state index is 13.4. The SMILES string of the molecule is Cc1ncc(-c2onc(C)c2C)c(C2CCCN2C(=O)C2CCN(S(C)(=O)=O)CC2)n1. The average molecular weight is 448 g/mol. The van der Waals surface area contributed by atoms with Crippen LogP contribution < -0.4 is 0 Å². The zero-order chi connectivity index (χ0) is 22.3. The smallest absolute Gasteiger partial charge is 0.226 e. The molecule has 2 fully saturated rings. The van der Waals surface area contributed by atoms with E-state index in [0.717, 1.165) is 35.4 Å². The summed E-state index contributed by atoms with van der Waals surface area (Å²) in [4.78, 5) is 24.4. The molecule has 1 unspecified atom stereocenters. The van der Waals surface area contributed by atoms with E-state index < -0.39 is 10.0 Å². The van der Waals surface area contributed by atoms with Gasteiger partial charge in [0.2, 0.25) is 15.9 Å². The van der Waals surface area contributed by atoms with Crippen molar-refractivity contribution >= 4 is 15.9 Å². The van der Waals surface area contributed by atoms with Gasteiger partial charge in [0.1, 0.15) is 5.82 Å². The zero-order valence-corrected chi connectivity index (χ0v) is 19.3. The molecule has 4 rings (SSSR count). The molecule has 0 spiro atoms. The number of sulfonamides is 1. The third-order valence-corrected chi connectivity index (χ3v) is 7.77. The molecule has 0 saturated carbocycles. The summed E-state index contributed by atoms with van der Waals surface area (Å²) in [6.07, 6.45) is 5.80. The van der Waals surface area contributed by atoms with E-state index in [9.17, 15) is 13.2 Å². The normalized spacial score (nSPS) is 21.0. The van der Waals surface area contributed by atoms with Crippen LogP contribution in [0, 0.1) is 26.7 Å². The predicted octanol–water partition coefficient (Wildman–Crippen LogP) is 2.39. The molecule has 9 nitrogen and oxygen atoms in total. The van der Waals surface area contributed by atoms with E-state index in [1.165, 1.54) is 10.6 Å². The number of rotatable bonds is 4. The number of piperidine rings is 1. The number of hydrogen-bond acceptors (Lipinski definition) is 7. The Morgan fingerprint density at radius 1 is 1.13 bits per heavy atom. The summed E-state index contributed by atoms with van der Waals surface area (Å²) in [5, 5.41) is 4.07. The standard InChI is InChI=1S/C21H29N5O4S/c1-13-14(2)24-30-20(13)17-12-22-15(3)23-19(17)18-6-5-9-26(18)21(27)16-7-10-25(11-8-16)31(4,28)29/h12,16,18H,5-11H2,1-4H3. The molecule has 2 aliphatic heterocycles. The van der Waals surface area contributed by atoms with E-state index >= 15 is 0 Å². The number of nitrogens with zero attached hydrogens (tertiary/aromatic N) is 5. The van der Waals surface area contributed by atoms with Crippen LogP contribution in [0.3, 0.4) is 0 Å². The van der Waals surface area contributed by atoms with E-state index in [-0.39, 0.29) is 17.9 Å². The molecule has 0 aliphatic carbocycles. The molecule has 2 aromatic heterocycles. The summed E-state index contributed by atoms with van der Waals surface area (Å²) in [6, 6.07) is -0.151.